The number of fused-ring (bicyclic) bond motifs is 1. The van der Waals surface area contributed by atoms with Crippen LogP contribution in [0, 0.1) is 17.6 Å². The first kappa shape index (κ1) is 24.2. The zero-order chi connectivity index (χ0) is 24.7. The fraction of sp³-hybridized carbons (Fsp3) is 0.429. The monoisotopic (exact) mass is 499 g/mol. The third-order valence-electron chi connectivity index (χ3n) is 5.79. The minimum Gasteiger partial charge on any atom is -0.470 e. The van der Waals surface area contributed by atoms with E-state index in [4.69, 9.17) is 15.2 Å². The van der Waals surface area contributed by atoms with E-state index in [-0.39, 0.29) is 38.7 Å². The van der Waals surface area contributed by atoms with Gasteiger partial charge in [-0.2, -0.15) is 0 Å². The molecule has 0 unspecified atom stereocenters. The summed E-state index contributed by atoms with van der Waals surface area (Å²) in [5.74, 6) is -3.35. The molecule has 182 valence electrons. The Labute approximate surface area is 196 Å². The summed E-state index contributed by atoms with van der Waals surface area (Å²) in [6.07, 6.45) is -0.00847. The Kier molecular flexibility index (Phi) is 6.42. The molecular formula is C21H21F4N5O3S. The van der Waals surface area contributed by atoms with E-state index in [0.717, 1.165) is 18.5 Å². The molecule has 1 amide bonds. The number of ether oxygens (including phenoxy) is 2. The van der Waals surface area contributed by atoms with E-state index >= 15 is 0 Å². The SMILES string of the molecule is COC[C@]12C[C@H]1[C@](C)(c1cc(NC(=O)c3cnc(OCC(F)F)cn3)cc(F)c1F)N=C(N)S2. The summed E-state index contributed by atoms with van der Waals surface area (Å²) >= 11 is 1.36. The maximum atomic E-state index is 14.9. The minimum absolute atomic E-state index is 0.0232. The highest BCUT2D eigenvalue weighted by atomic mass is 32.2. The zero-order valence-electron chi connectivity index (χ0n) is 18.1. The summed E-state index contributed by atoms with van der Waals surface area (Å²) in [7, 11) is 1.56. The second-order valence-electron chi connectivity index (χ2n) is 8.17. The van der Waals surface area contributed by atoms with Crippen LogP contribution in [0.2, 0.25) is 0 Å². The van der Waals surface area contributed by atoms with E-state index < -0.39 is 36.1 Å². The second kappa shape index (κ2) is 9.02. The van der Waals surface area contributed by atoms with Gasteiger partial charge in [0.2, 0.25) is 5.88 Å². The van der Waals surface area contributed by atoms with Crippen molar-refractivity contribution in [2.24, 2.45) is 16.6 Å². The standard InChI is InChI=1S/C21H21F4N5O3S/c1-20(14-5-21(14,9-32-2)34-19(26)30-20)11-3-10(4-12(22)17(11)25)29-18(31)13-6-28-16(7-27-13)33-8-15(23)24/h3-4,6-7,14-15H,5,8-9H2,1-2H3,(H2,26,30)(H,29,31)/t14-,20-,21+/m0/s1. The first-order valence-electron chi connectivity index (χ1n) is 10.1. The zero-order valence-corrected chi connectivity index (χ0v) is 19.0. The molecule has 3 atom stereocenters. The number of halogens is 4. The highest BCUT2D eigenvalue weighted by molar-refractivity contribution is 8.15. The summed E-state index contributed by atoms with van der Waals surface area (Å²) in [5, 5.41) is 2.69. The van der Waals surface area contributed by atoms with Crippen molar-refractivity contribution in [1.29, 1.82) is 0 Å². The van der Waals surface area contributed by atoms with Crippen molar-refractivity contribution in [3.63, 3.8) is 0 Å². The van der Waals surface area contributed by atoms with E-state index in [2.05, 4.69) is 20.3 Å². The summed E-state index contributed by atoms with van der Waals surface area (Å²) in [4.78, 5) is 24.6. The van der Waals surface area contributed by atoms with Crippen LogP contribution in [0.4, 0.5) is 23.2 Å². The number of rotatable bonds is 8. The number of amidine groups is 1. The number of nitrogens with zero attached hydrogens (tertiary/aromatic N) is 3. The van der Waals surface area contributed by atoms with Crippen molar-refractivity contribution in [2.75, 3.05) is 25.6 Å². The largest absolute Gasteiger partial charge is 0.470 e. The van der Waals surface area contributed by atoms with Crippen LogP contribution in [0.25, 0.3) is 0 Å². The van der Waals surface area contributed by atoms with Gasteiger partial charge in [0.15, 0.2) is 23.4 Å². The third kappa shape index (κ3) is 4.53. The number of hydrogen-bond donors (Lipinski definition) is 2. The average molecular weight is 499 g/mol. The average Bonchev–Trinajstić information content (AvgIpc) is 3.49. The smallest absolute Gasteiger partial charge is 0.275 e. The number of amides is 1. The highest BCUT2D eigenvalue weighted by Gasteiger charge is 2.66. The highest BCUT2D eigenvalue weighted by Crippen LogP contribution is 2.66. The number of nitrogens with one attached hydrogen (secondary N) is 1. The van der Waals surface area contributed by atoms with E-state index in [1.807, 2.05) is 0 Å². The third-order valence-corrected chi connectivity index (χ3v) is 7.07. The molecule has 2 aromatic rings. The Morgan fingerprint density at radius 2 is 2.09 bits per heavy atom. The molecular weight excluding hydrogens is 478 g/mol. The quantitative estimate of drug-likeness (QED) is 0.536. The van der Waals surface area contributed by atoms with Gasteiger partial charge in [0, 0.05) is 30.3 Å². The Morgan fingerprint density at radius 1 is 1.32 bits per heavy atom. The fourth-order valence-electron chi connectivity index (χ4n) is 4.21. The summed E-state index contributed by atoms with van der Waals surface area (Å²) in [5.41, 5.74) is 4.60. The molecule has 1 fully saturated rings. The topological polar surface area (TPSA) is 112 Å². The number of nitrogens with two attached hydrogens (primary N) is 1. The van der Waals surface area contributed by atoms with E-state index in [1.165, 1.54) is 17.8 Å². The molecule has 4 rings (SSSR count). The molecule has 1 saturated carbocycles. The molecule has 8 nitrogen and oxygen atoms in total. The molecule has 1 aromatic carbocycles. The lowest BCUT2D eigenvalue weighted by atomic mass is 9.85. The molecule has 2 aliphatic rings. The van der Waals surface area contributed by atoms with Crippen LogP contribution < -0.4 is 15.8 Å². The lowest BCUT2D eigenvalue weighted by Crippen LogP contribution is -2.38. The molecule has 1 aliphatic heterocycles. The summed E-state index contributed by atoms with van der Waals surface area (Å²) in [6, 6.07) is 2.15. The summed E-state index contributed by atoms with van der Waals surface area (Å²) < 4.78 is 63.6. The Morgan fingerprint density at radius 3 is 2.74 bits per heavy atom. The number of anilines is 1. The summed E-state index contributed by atoms with van der Waals surface area (Å²) in [6.45, 7) is 1.19. The molecule has 2 heterocycles. The van der Waals surface area contributed by atoms with E-state index in [1.54, 1.807) is 14.0 Å². The van der Waals surface area contributed by atoms with Crippen LogP contribution in [0.5, 0.6) is 5.88 Å². The van der Waals surface area contributed by atoms with Crippen molar-refractivity contribution >= 4 is 28.5 Å². The van der Waals surface area contributed by atoms with Gasteiger partial charge in [-0.15, -0.1) is 0 Å². The van der Waals surface area contributed by atoms with Crippen LogP contribution in [0.3, 0.4) is 0 Å². The maximum absolute atomic E-state index is 14.9. The van der Waals surface area contributed by atoms with Crippen molar-refractivity contribution in [3.05, 3.63) is 47.4 Å². The van der Waals surface area contributed by atoms with Crippen LogP contribution in [0.1, 0.15) is 29.4 Å². The lowest BCUT2D eigenvalue weighted by Gasteiger charge is -2.34. The van der Waals surface area contributed by atoms with Crippen LogP contribution in [-0.2, 0) is 10.3 Å². The Bertz CT molecular complexity index is 1140. The molecule has 0 radical (unpaired) electrons. The maximum Gasteiger partial charge on any atom is 0.275 e. The molecule has 13 heteroatoms. The van der Waals surface area contributed by atoms with Crippen molar-refractivity contribution < 1.29 is 31.8 Å². The number of carbonyl (C=O) groups excluding carboxylic acids is 1. The predicted octanol–water partition coefficient (Wildman–Crippen LogP) is 3.33. The van der Waals surface area contributed by atoms with Crippen molar-refractivity contribution in [2.45, 2.75) is 30.1 Å². The minimum atomic E-state index is -2.69. The van der Waals surface area contributed by atoms with Gasteiger partial charge < -0.3 is 20.5 Å². The van der Waals surface area contributed by atoms with Crippen LogP contribution >= 0.6 is 11.8 Å². The first-order valence-corrected chi connectivity index (χ1v) is 11.0. The van der Waals surface area contributed by atoms with Crippen LogP contribution in [-0.4, -0.2) is 52.5 Å². The van der Waals surface area contributed by atoms with Gasteiger partial charge >= 0.3 is 0 Å². The van der Waals surface area contributed by atoms with Crippen molar-refractivity contribution in [3.8, 4) is 5.88 Å². The van der Waals surface area contributed by atoms with Gasteiger partial charge in [0.25, 0.3) is 12.3 Å². The van der Waals surface area contributed by atoms with Crippen molar-refractivity contribution in [1.82, 2.24) is 9.97 Å². The Balaban J connectivity index is 1.58. The van der Waals surface area contributed by atoms with E-state index in [0.29, 0.717) is 13.0 Å². The second-order valence-corrected chi connectivity index (χ2v) is 9.61. The normalized spacial score (nSPS) is 25.5. The molecule has 0 spiro atoms. The van der Waals surface area contributed by atoms with Gasteiger partial charge in [-0.25, -0.2) is 27.5 Å². The van der Waals surface area contributed by atoms with Gasteiger partial charge in [-0.1, -0.05) is 11.8 Å². The molecule has 3 N–H and O–H groups in total. The predicted molar refractivity (Wildman–Crippen MR) is 117 cm³/mol. The first-order chi connectivity index (χ1) is 16.1. The number of benzene rings is 1. The van der Waals surface area contributed by atoms with Gasteiger partial charge in [0.1, 0.15) is 5.69 Å². The molecule has 1 aliphatic carbocycles. The lowest BCUT2D eigenvalue weighted by molar-refractivity contribution is 0.0792. The number of aliphatic imine (C=N–C) groups is 1. The number of thioether (sulfide) groups is 1. The van der Waals surface area contributed by atoms with E-state index in [9.17, 15) is 22.4 Å². The molecule has 0 bridgehead atoms. The Hall–Kier alpha value is -2.93. The number of alkyl halides is 2. The van der Waals surface area contributed by atoms with Crippen LogP contribution in [0.15, 0.2) is 29.5 Å². The molecule has 34 heavy (non-hydrogen) atoms. The number of hydrogen-bond acceptors (Lipinski definition) is 8. The van der Waals surface area contributed by atoms with Gasteiger partial charge in [-0.3, -0.25) is 9.79 Å². The number of carbonyl (C=O) groups is 1. The molecule has 0 saturated heterocycles. The molecule has 1 aromatic heterocycles. The number of aromatic nitrogens is 2. The van der Waals surface area contributed by atoms with Gasteiger partial charge in [0.05, 0.1) is 29.3 Å². The fourth-order valence-corrected chi connectivity index (χ4v) is 5.66. The number of methoxy groups -OCH3 is 1. The van der Waals surface area contributed by atoms with Gasteiger partial charge in [-0.05, 0) is 19.4 Å².